The van der Waals surface area contributed by atoms with Gasteiger partial charge < -0.3 is 9.47 Å². The molecule has 1 fully saturated rings. The summed E-state index contributed by atoms with van der Waals surface area (Å²) in [7, 11) is 3.18. The maximum Gasteiger partial charge on any atom is 0.254 e. The number of carbonyl (C=O) groups excluding carboxylic acids is 1. The molecule has 2 aromatic carbocycles. The Balaban J connectivity index is 1.40. The minimum absolute atomic E-state index is 0.112. The molecule has 30 heavy (non-hydrogen) atoms. The molecule has 0 saturated carbocycles. The predicted molar refractivity (Wildman–Crippen MR) is 118 cm³/mol. The van der Waals surface area contributed by atoms with E-state index in [0.29, 0.717) is 18.0 Å². The van der Waals surface area contributed by atoms with Crippen molar-refractivity contribution in [3.05, 3.63) is 59.2 Å². The van der Waals surface area contributed by atoms with Crippen LogP contribution in [0.4, 0.5) is 0 Å². The van der Waals surface area contributed by atoms with Gasteiger partial charge in [0, 0.05) is 32.7 Å². The van der Waals surface area contributed by atoms with Crippen LogP contribution in [0.1, 0.15) is 16.7 Å². The lowest BCUT2D eigenvalue weighted by Gasteiger charge is -2.34. The van der Waals surface area contributed by atoms with E-state index < -0.39 is 0 Å². The Bertz CT molecular complexity index is 859. The Kier molecular flexibility index (Phi) is 7.82. The predicted octanol–water partition coefficient (Wildman–Crippen LogP) is 2.28. The molecule has 2 aromatic rings. The first kappa shape index (κ1) is 21.8. The number of nitrogens with zero attached hydrogens (tertiary/aromatic N) is 3. The largest absolute Gasteiger partial charge is 0.493 e. The number of hydrogen-bond donors (Lipinski definition) is 1. The van der Waals surface area contributed by atoms with E-state index in [0.717, 1.165) is 38.3 Å². The zero-order valence-corrected chi connectivity index (χ0v) is 17.9. The van der Waals surface area contributed by atoms with Crippen molar-refractivity contribution >= 4 is 12.1 Å². The fourth-order valence-electron chi connectivity index (χ4n) is 3.41. The molecule has 0 aliphatic carbocycles. The summed E-state index contributed by atoms with van der Waals surface area (Å²) in [4.78, 5) is 16.8. The number of methoxy groups -OCH3 is 2. The molecule has 3 rings (SSSR count). The van der Waals surface area contributed by atoms with Crippen molar-refractivity contribution in [2.75, 3.05) is 46.9 Å². The van der Waals surface area contributed by atoms with Crippen molar-refractivity contribution in [1.82, 2.24) is 15.2 Å². The fraction of sp³-hybridized carbons (Fsp3) is 0.391. The van der Waals surface area contributed by atoms with E-state index in [1.807, 2.05) is 12.1 Å². The number of nitrogens with one attached hydrogen (secondary N) is 1. The molecule has 1 aliphatic heterocycles. The Hall–Kier alpha value is -2.90. The molecule has 0 unspecified atom stereocenters. The van der Waals surface area contributed by atoms with Crippen molar-refractivity contribution in [2.45, 2.75) is 13.5 Å². The molecule has 0 aromatic heterocycles. The van der Waals surface area contributed by atoms with Gasteiger partial charge in [0.25, 0.3) is 5.91 Å². The van der Waals surface area contributed by atoms with Crippen LogP contribution in [0.25, 0.3) is 0 Å². The summed E-state index contributed by atoms with van der Waals surface area (Å²) in [6, 6.07) is 14.1. The monoisotopic (exact) mass is 410 g/mol. The molecule has 1 saturated heterocycles. The van der Waals surface area contributed by atoms with Crippen molar-refractivity contribution in [2.24, 2.45) is 5.10 Å². The first-order valence-corrected chi connectivity index (χ1v) is 10.1. The summed E-state index contributed by atoms with van der Waals surface area (Å²) in [6.45, 7) is 7.06. The molecule has 7 heteroatoms. The van der Waals surface area contributed by atoms with Crippen LogP contribution in [0.15, 0.2) is 47.6 Å². The number of ether oxygens (including phenoxy) is 2. The minimum Gasteiger partial charge on any atom is -0.493 e. The number of carbonyl (C=O) groups is 1. The van der Waals surface area contributed by atoms with E-state index >= 15 is 0 Å². The number of aryl methyl sites for hydroxylation is 1. The van der Waals surface area contributed by atoms with E-state index in [-0.39, 0.29) is 5.91 Å². The Morgan fingerprint density at radius 2 is 1.67 bits per heavy atom. The molecule has 1 aliphatic rings. The lowest BCUT2D eigenvalue weighted by Crippen LogP contribution is -2.48. The zero-order chi connectivity index (χ0) is 21.3. The quantitative estimate of drug-likeness (QED) is 0.534. The standard InChI is InChI=1S/C23H30N4O3/c1-18-4-6-19(7-5-18)16-26-10-12-27(13-11-26)17-23(28)25-24-15-20-8-9-21(29-2)22(14-20)30-3/h4-9,14-15H,10-13,16-17H2,1-3H3,(H,25,28)/b24-15-. The van der Waals surface area contributed by atoms with Gasteiger partial charge in [0.05, 0.1) is 27.0 Å². The number of rotatable bonds is 8. The Morgan fingerprint density at radius 3 is 2.33 bits per heavy atom. The van der Waals surface area contributed by atoms with E-state index in [4.69, 9.17) is 9.47 Å². The molecular formula is C23H30N4O3. The number of hydrazone groups is 1. The average Bonchev–Trinajstić information content (AvgIpc) is 2.76. The summed E-state index contributed by atoms with van der Waals surface area (Å²) >= 11 is 0. The highest BCUT2D eigenvalue weighted by molar-refractivity contribution is 5.83. The lowest BCUT2D eigenvalue weighted by molar-refractivity contribution is -0.122. The normalized spacial score (nSPS) is 15.3. The second-order valence-corrected chi connectivity index (χ2v) is 7.45. The molecule has 0 bridgehead atoms. The fourth-order valence-corrected chi connectivity index (χ4v) is 3.41. The van der Waals surface area contributed by atoms with Gasteiger partial charge in [0.2, 0.25) is 0 Å². The average molecular weight is 411 g/mol. The molecule has 160 valence electrons. The summed E-state index contributed by atoms with van der Waals surface area (Å²) in [5.41, 5.74) is 6.03. The molecule has 0 spiro atoms. The topological polar surface area (TPSA) is 66.4 Å². The number of piperazine rings is 1. The van der Waals surface area contributed by atoms with E-state index in [1.165, 1.54) is 11.1 Å². The van der Waals surface area contributed by atoms with Crippen LogP contribution in [0, 0.1) is 6.92 Å². The van der Waals surface area contributed by atoms with Crippen LogP contribution in [-0.2, 0) is 11.3 Å². The van der Waals surface area contributed by atoms with E-state index in [1.54, 1.807) is 26.5 Å². The van der Waals surface area contributed by atoms with Gasteiger partial charge in [-0.2, -0.15) is 5.10 Å². The first-order chi connectivity index (χ1) is 14.6. The van der Waals surface area contributed by atoms with Crippen molar-refractivity contribution in [3.8, 4) is 11.5 Å². The highest BCUT2D eigenvalue weighted by atomic mass is 16.5. The van der Waals surface area contributed by atoms with Crippen molar-refractivity contribution in [3.63, 3.8) is 0 Å². The van der Waals surface area contributed by atoms with Crippen molar-refractivity contribution in [1.29, 1.82) is 0 Å². The zero-order valence-electron chi connectivity index (χ0n) is 17.9. The second-order valence-electron chi connectivity index (χ2n) is 7.45. The van der Waals surface area contributed by atoms with Gasteiger partial charge in [-0.25, -0.2) is 5.43 Å². The van der Waals surface area contributed by atoms with Crippen LogP contribution in [0.2, 0.25) is 0 Å². The van der Waals surface area contributed by atoms with Gasteiger partial charge in [-0.1, -0.05) is 29.8 Å². The molecule has 1 N–H and O–H groups in total. The third-order valence-electron chi connectivity index (χ3n) is 5.17. The summed E-state index contributed by atoms with van der Waals surface area (Å²) in [6.07, 6.45) is 1.60. The second kappa shape index (κ2) is 10.8. The summed E-state index contributed by atoms with van der Waals surface area (Å²) in [5.74, 6) is 1.16. The van der Waals surface area contributed by atoms with Gasteiger partial charge in [-0.15, -0.1) is 0 Å². The van der Waals surface area contributed by atoms with Crippen LogP contribution in [-0.4, -0.2) is 68.9 Å². The molecule has 7 nitrogen and oxygen atoms in total. The lowest BCUT2D eigenvalue weighted by atomic mass is 10.1. The number of benzene rings is 2. The Labute approximate surface area is 178 Å². The maximum absolute atomic E-state index is 12.2. The molecule has 0 atom stereocenters. The number of hydrogen-bond acceptors (Lipinski definition) is 6. The first-order valence-electron chi connectivity index (χ1n) is 10.1. The van der Waals surface area contributed by atoms with Gasteiger partial charge in [-0.05, 0) is 36.2 Å². The smallest absolute Gasteiger partial charge is 0.254 e. The third-order valence-corrected chi connectivity index (χ3v) is 5.17. The minimum atomic E-state index is -0.112. The van der Waals surface area contributed by atoms with Gasteiger partial charge in [-0.3, -0.25) is 14.6 Å². The van der Waals surface area contributed by atoms with Crippen LogP contribution in [0.5, 0.6) is 11.5 Å². The highest BCUT2D eigenvalue weighted by Crippen LogP contribution is 2.26. The molecular weight excluding hydrogens is 380 g/mol. The van der Waals surface area contributed by atoms with E-state index in [9.17, 15) is 4.79 Å². The van der Waals surface area contributed by atoms with Gasteiger partial charge >= 0.3 is 0 Å². The molecule has 0 radical (unpaired) electrons. The van der Waals surface area contributed by atoms with Gasteiger partial charge in [0.1, 0.15) is 0 Å². The summed E-state index contributed by atoms with van der Waals surface area (Å²) < 4.78 is 10.5. The van der Waals surface area contributed by atoms with Crippen LogP contribution in [0.3, 0.4) is 0 Å². The number of amides is 1. The van der Waals surface area contributed by atoms with Crippen LogP contribution >= 0.6 is 0 Å². The summed E-state index contributed by atoms with van der Waals surface area (Å²) in [5, 5.41) is 4.06. The Morgan fingerprint density at radius 1 is 1.00 bits per heavy atom. The third kappa shape index (κ3) is 6.30. The molecule has 1 heterocycles. The van der Waals surface area contributed by atoms with E-state index in [2.05, 4.69) is 51.5 Å². The SMILES string of the molecule is COc1ccc(/C=N\NC(=O)CN2CCN(Cc3ccc(C)cc3)CC2)cc1OC. The van der Waals surface area contributed by atoms with Gasteiger partial charge in [0.15, 0.2) is 11.5 Å². The highest BCUT2D eigenvalue weighted by Gasteiger charge is 2.18. The maximum atomic E-state index is 12.2. The van der Waals surface area contributed by atoms with Crippen molar-refractivity contribution < 1.29 is 14.3 Å². The molecule has 1 amide bonds. The van der Waals surface area contributed by atoms with Crippen LogP contribution < -0.4 is 14.9 Å².